The van der Waals surface area contributed by atoms with Crippen LogP contribution in [0.2, 0.25) is 19.6 Å². The van der Waals surface area contributed by atoms with E-state index in [2.05, 4.69) is 5.32 Å². The molecule has 33 heavy (non-hydrogen) atoms. The van der Waals surface area contributed by atoms with E-state index in [-0.39, 0.29) is 29.4 Å². The van der Waals surface area contributed by atoms with Crippen molar-refractivity contribution in [2.45, 2.75) is 63.7 Å². The molecule has 1 unspecified atom stereocenters. The second kappa shape index (κ2) is 9.28. The van der Waals surface area contributed by atoms with Crippen LogP contribution < -0.4 is 16.1 Å². The number of nitrogens with one attached hydrogen (secondary N) is 2. The number of aromatic amines is 1. The molecule has 0 spiro atoms. The first-order chi connectivity index (χ1) is 15.3. The second-order valence-corrected chi connectivity index (χ2v) is 14.5. The number of aromatic nitrogens is 1. The summed E-state index contributed by atoms with van der Waals surface area (Å²) in [7, 11) is -2.31. The summed E-state index contributed by atoms with van der Waals surface area (Å²) in [6.07, 6.45) is -1.31. The summed E-state index contributed by atoms with van der Waals surface area (Å²) in [5, 5.41) is 4.45. The quantitative estimate of drug-likeness (QED) is 0.463. The molecular formula is C22H26F4N2O4Si. The minimum atomic E-state index is -2.85. The van der Waals surface area contributed by atoms with Gasteiger partial charge in [-0.05, 0) is 36.5 Å². The standard InChI is InChI=1S/C22H26F4N2O4Si/c1-33(2,3)20-14(23)8-12(9-15(20)24)10-16(29)19(13-4-6-22(25,26)7-5-13)27-21(31)17-11-18(30)28-32-17/h8-9,11,13,19H,4-7,10H2,1-3H3,(H,27,31)(H,28,30). The third-order valence-electron chi connectivity index (χ3n) is 5.84. The zero-order chi connectivity index (χ0) is 24.6. The van der Waals surface area contributed by atoms with Crippen LogP contribution in [-0.4, -0.2) is 36.9 Å². The number of halogens is 4. The fraction of sp³-hybridized carbons (Fsp3) is 0.500. The highest BCUT2D eigenvalue weighted by atomic mass is 28.3. The van der Waals surface area contributed by atoms with Gasteiger partial charge >= 0.3 is 0 Å². The van der Waals surface area contributed by atoms with Gasteiger partial charge in [-0.1, -0.05) is 19.6 Å². The number of ketones is 1. The molecule has 0 aliphatic heterocycles. The molecule has 1 aliphatic rings. The van der Waals surface area contributed by atoms with Crippen molar-refractivity contribution in [3.05, 3.63) is 51.5 Å². The molecule has 2 N–H and O–H groups in total. The van der Waals surface area contributed by atoms with Gasteiger partial charge in [0.2, 0.25) is 11.7 Å². The Kier molecular flexibility index (Phi) is 7.01. The molecule has 11 heteroatoms. The van der Waals surface area contributed by atoms with Gasteiger partial charge in [0.15, 0.2) is 5.78 Å². The van der Waals surface area contributed by atoms with E-state index in [4.69, 9.17) is 4.52 Å². The topological polar surface area (TPSA) is 92.2 Å². The Balaban J connectivity index is 1.84. The highest BCUT2D eigenvalue weighted by molar-refractivity contribution is 6.88. The molecule has 3 rings (SSSR count). The number of hydrogen-bond donors (Lipinski definition) is 2. The normalized spacial score (nSPS) is 17.5. The average Bonchev–Trinajstić information content (AvgIpc) is 3.11. The minimum absolute atomic E-state index is 0.0158. The third-order valence-corrected chi connectivity index (χ3v) is 7.82. The molecule has 1 saturated carbocycles. The smallest absolute Gasteiger partial charge is 0.290 e. The van der Waals surface area contributed by atoms with E-state index >= 15 is 0 Å². The lowest BCUT2D eigenvalue weighted by atomic mass is 9.79. The number of alkyl halides is 2. The molecule has 2 aromatic rings. The predicted molar refractivity (Wildman–Crippen MR) is 116 cm³/mol. The van der Waals surface area contributed by atoms with Gasteiger partial charge in [-0.15, -0.1) is 0 Å². The van der Waals surface area contributed by atoms with Crippen LogP contribution in [0.3, 0.4) is 0 Å². The van der Waals surface area contributed by atoms with Crippen LogP contribution in [0.4, 0.5) is 17.6 Å². The number of benzene rings is 1. The largest absolute Gasteiger partial charge is 0.373 e. The summed E-state index contributed by atoms with van der Waals surface area (Å²) < 4.78 is 61.3. The molecule has 1 amide bonds. The van der Waals surface area contributed by atoms with E-state index in [0.29, 0.717) is 0 Å². The molecule has 1 aromatic carbocycles. The number of rotatable bonds is 7. The summed E-state index contributed by atoms with van der Waals surface area (Å²) in [5.41, 5.74) is -0.570. The van der Waals surface area contributed by atoms with Crippen LogP contribution in [-0.2, 0) is 11.2 Å². The molecule has 1 fully saturated rings. The number of carbonyl (C=O) groups excluding carboxylic acids is 2. The van der Waals surface area contributed by atoms with Gasteiger partial charge in [0.1, 0.15) is 11.6 Å². The number of carbonyl (C=O) groups is 2. The molecule has 0 bridgehead atoms. The molecule has 1 heterocycles. The highest BCUT2D eigenvalue weighted by Gasteiger charge is 2.40. The molecule has 180 valence electrons. The van der Waals surface area contributed by atoms with Crippen molar-refractivity contribution in [1.29, 1.82) is 0 Å². The van der Waals surface area contributed by atoms with Crippen molar-refractivity contribution >= 4 is 25.0 Å². The minimum Gasteiger partial charge on any atom is -0.373 e. The van der Waals surface area contributed by atoms with E-state index in [1.165, 1.54) is 0 Å². The monoisotopic (exact) mass is 486 g/mol. The summed E-state index contributed by atoms with van der Waals surface area (Å²) in [6.45, 7) is 5.38. The molecule has 1 atom stereocenters. The van der Waals surface area contributed by atoms with E-state index in [1.807, 2.05) is 5.16 Å². The summed E-state index contributed by atoms with van der Waals surface area (Å²) in [4.78, 5) is 36.8. The van der Waals surface area contributed by atoms with Crippen LogP contribution in [0, 0.1) is 17.6 Å². The van der Waals surface area contributed by atoms with Gasteiger partial charge in [-0.3, -0.25) is 14.4 Å². The van der Waals surface area contributed by atoms with Crippen LogP contribution in [0.5, 0.6) is 0 Å². The molecule has 1 aromatic heterocycles. The van der Waals surface area contributed by atoms with Gasteiger partial charge in [0, 0.05) is 24.4 Å². The Morgan fingerprint density at radius 3 is 2.21 bits per heavy atom. The van der Waals surface area contributed by atoms with Crippen molar-refractivity contribution in [3.8, 4) is 0 Å². The molecule has 6 nitrogen and oxygen atoms in total. The average molecular weight is 487 g/mol. The van der Waals surface area contributed by atoms with Crippen LogP contribution in [0.25, 0.3) is 0 Å². The van der Waals surface area contributed by atoms with Crippen molar-refractivity contribution in [2.75, 3.05) is 0 Å². The maximum Gasteiger partial charge on any atom is 0.290 e. The Bertz CT molecular complexity index is 1070. The van der Waals surface area contributed by atoms with Crippen LogP contribution in [0.1, 0.15) is 41.8 Å². The molecular weight excluding hydrogens is 460 g/mol. The van der Waals surface area contributed by atoms with Crippen LogP contribution in [0.15, 0.2) is 27.5 Å². The van der Waals surface area contributed by atoms with E-state index < -0.39 is 74.1 Å². The maximum atomic E-state index is 14.6. The van der Waals surface area contributed by atoms with Gasteiger partial charge in [0.25, 0.3) is 11.5 Å². The lowest BCUT2D eigenvalue weighted by Crippen LogP contribution is -2.48. The number of hydrogen-bond acceptors (Lipinski definition) is 4. The Morgan fingerprint density at radius 1 is 1.15 bits per heavy atom. The van der Waals surface area contributed by atoms with Gasteiger partial charge < -0.3 is 9.84 Å². The number of H-pyrrole nitrogens is 1. The van der Waals surface area contributed by atoms with Crippen molar-refractivity contribution < 1.29 is 31.7 Å². The predicted octanol–water partition coefficient (Wildman–Crippen LogP) is 3.53. The maximum absolute atomic E-state index is 14.6. The first kappa shape index (κ1) is 24.9. The van der Waals surface area contributed by atoms with Crippen molar-refractivity contribution in [2.24, 2.45) is 5.92 Å². The number of amides is 1. The van der Waals surface area contributed by atoms with E-state index in [9.17, 15) is 31.9 Å². The second-order valence-electron chi connectivity index (χ2n) is 9.55. The van der Waals surface area contributed by atoms with Gasteiger partial charge in [-0.2, -0.15) is 5.16 Å². The SMILES string of the molecule is C[Si](C)(C)c1c(F)cc(CC(=O)C(NC(=O)c2cc(=O)[nH]o2)C2CCC(F)(F)CC2)cc1F. The summed E-state index contributed by atoms with van der Waals surface area (Å²) in [6, 6.07) is 1.92. The Morgan fingerprint density at radius 2 is 1.73 bits per heavy atom. The first-order valence-electron chi connectivity index (χ1n) is 10.6. The lowest BCUT2D eigenvalue weighted by molar-refractivity contribution is -0.123. The highest BCUT2D eigenvalue weighted by Crippen LogP contribution is 2.38. The van der Waals surface area contributed by atoms with E-state index in [1.54, 1.807) is 19.6 Å². The summed E-state index contributed by atoms with van der Waals surface area (Å²) >= 11 is 0. The summed E-state index contributed by atoms with van der Waals surface area (Å²) in [5.74, 6) is -6.71. The fourth-order valence-corrected chi connectivity index (χ4v) is 5.80. The molecule has 1 aliphatic carbocycles. The zero-order valence-corrected chi connectivity index (χ0v) is 19.6. The lowest BCUT2D eigenvalue weighted by Gasteiger charge is -2.33. The van der Waals surface area contributed by atoms with Crippen LogP contribution >= 0.6 is 0 Å². The fourth-order valence-electron chi connectivity index (χ4n) is 4.22. The Hall–Kier alpha value is -2.69. The van der Waals surface area contributed by atoms with Crippen molar-refractivity contribution in [3.63, 3.8) is 0 Å². The van der Waals surface area contributed by atoms with Gasteiger partial charge in [0.05, 0.1) is 20.2 Å². The van der Waals surface area contributed by atoms with Crippen molar-refractivity contribution in [1.82, 2.24) is 10.5 Å². The molecule has 0 radical (unpaired) electrons. The van der Waals surface area contributed by atoms with Gasteiger partial charge in [-0.25, -0.2) is 17.6 Å². The first-order valence-corrected chi connectivity index (χ1v) is 14.1. The third kappa shape index (κ3) is 6.01. The molecule has 0 saturated heterocycles. The van der Waals surface area contributed by atoms with E-state index in [0.717, 1.165) is 18.2 Å². The number of Topliss-reactive ketones (excluding diaryl/α,β-unsaturated/α-hetero) is 1. The zero-order valence-electron chi connectivity index (χ0n) is 18.6. The Labute approximate surface area is 188 Å².